The minimum atomic E-state index is -1.46. The van der Waals surface area contributed by atoms with Crippen LogP contribution < -0.4 is 18.0 Å². The van der Waals surface area contributed by atoms with E-state index in [9.17, 15) is 0 Å². The van der Waals surface area contributed by atoms with Gasteiger partial charge < -0.3 is 0 Å². The second-order valence-electron chi connectivity index (χ2n) is 5.42. The summed E-state index contributed by atoms with van der Waals surface area (Å²) in [5.74, 6) is 0. The Bertz CT molecular complexity index is 666. The molecule has 0 heterocycles. The van der Waals surface area contributed by atoms with Crippen molar-refractivity contribution in [2.24, 2.45) is 0 Å². The first-order chi connectivity index (χ1) is 10.8. The van der Waals surface area contributed by atoms with Crippen LogP contribution in [0.4, 0.5) is 5.69 Å². The molecule has 0 unspecified atom stereocenters. The molecule has 22 heavy (non-hydrogen) atoms. The standard InChI is InChI=1S/C20H20AsN/c1-22(2)20-15-13-19(14-16-20)21(17-9-5-3-6-10-17)18-11-7-4-8-12-18/h3-16H,1-2H3. The van der Waals surface area contributed by atoms with Crippen LogP contribution in [0.3, 0.4) is 0 Å². The van der Waals surface area contributed by atoms with Gasteiger partial charge in [-0.15, -0.1) is 0 Å². The van der Waals surface area contributed by atoms with Crippen molar-refractivity contribution in [3.8, 4) is 0 Å². The van der Waals surface area contributed by atoms with Gasteiger partial charge in [-0.1, -0.05) is 0 Å². The summed E-state index contributed by atoms with van der Waals surface area (Å²) in [5.41, 5.74) is 1.25. The molecule has 0 fully saturated rings. The fourth-order valence-corrected chi connectivity index (χ4v) is 7.29. The Morgan fingerprint density at radius 2 is 0.955 bits per heavy atom. The van der Waals surface area contributed by atoms with E-state index in [2.05, 4.69) is 104 Å². The third kappa shape index (κ3) is 3.26. The minimum absolute atomic E-state index is 1.25. The van der Waals surface area contributed by atoms with Crippen LogP contribution in [-0.2, 0) is 0 Å². The molecule has 1 nitrogen and oxygen atoms in total. The molecule has 0 radical (unpaired) electrons. The molecule has 2 heteroatoms. The van der Waals surface area contributed by atoms with Crippen molar-refractivity contribution in [2.75, 3.05) is 19.0 Å². The van der Waals surface area contributed by atoms with Gasteiger partial charge >= 0.3 is 137 Å². The van der Waals surface area contributed by atoms with Crippen LogP contribution in [0.2, 0.25) is 0 Å². The number of benzene rings is 3. The van der Waals surface area contributed by atoms with Gasteiger partial charge in [0, 0.05) is 0 Å². The van der Waals surface area contributed by atoms with E-state index >= 15 is 0 Å². The third-order valence-electron chi connectivity index (χ3n) is 3.65. The number of anilines is 1. The molecule has 3 aromatic rings. The molecule has 0 N–H and O–H groups in total. The van der Waals surface area contributed by atoms with Gasteiger partial charge in [-0.25, -0.2) is 0 Å². The van der Waals surface area contributed by atoms with Crippen LogP contribution >= 0.6 is 0 Å². The van der Waals surface area contributed by atoms with Crippen LogP contribution in [0, 0.1) is 0 Å². The average molecular weight is 349 g/mol. The van der Waals surface area contributed by atoms with Crippen molar-refractivity contribution in [3.05, 3.63) is 84.9 Å². The quantitative estimate of drug-likeness (QED) is 0.653. The van der Waals surface area contributed by atoms with Crippen LogP contribution in [-0.4, -0.2) is 28.7 Å². The van der Waals surface area contributed by atoms with E-state index < -0.39 is 14.7 Å². The Balaban J connectivity index is 2.06. The zero-order valence-electron chi connectivity index (χ0n) is 13.0. The van der Waals surface area contributed by atoms with Crippen LogP contribution in [0.15, 0.2) is 84.9 Å². The van der Waals surface area contributed by atoms with Gasteiger partial charge in [0.05, 0.1) is 0 Å². The predicted octanol–water partition coefficient (Wildman–Crippen LogP) is 2.27. The maximum atomic E-state index is 2.30. The first kappa shape index (κ1) is 14.9. The van der Waals surface area contributed by atoms with Crippen molar-refractivity contribution in [1.82, 2.24) is 0 Å². The van der Waals surface area contributed by atoms with E-state index in [0.717, 1.165) is 0 Å². The second-order valence-corrected chi connectivity index (χ2v) is 10.1. The molecular formula is C20H20AsN. The van der Waals surface area contributed by atoms with Gasteiger partial charge in [0.25, 0.3) is 0 Å². The molecule has 0 aliphatic carbocycles. The summed E-state index contributed by atoms with van der Waals surface area (Å²) in [6.45, 7) is 0. The molecule has 3 rings (SSSR count). The SMILES string of the molecule is CN(C)c1ccc([As](c2ccccc2)c2ccccc2)cc1. The van der Waals surface area contributed by atoms with Gasteiger partial charge in [0.1, 0.15) is 0 Å². The molecule has 0 spiro atoms. The first-order valence-electron chi connectivity index (χ1n) is 7.43. The Labute approximate surface area is 137 Å². The van der Waals surface area contributed by atoms with Gasteiger partial charge in [-0.3, -0.25) is 0 Å². The summed E-state index contributed by atoms with van der Waals surface area (Å²) in [6, 6.07) is 30.9. The van der Waals surface area contributed by atoms with Gasteiger partial charge in [-0.05, 0) is 0 Å². The summed E-state index contributed by atoms with van der Waals surface area (Å²) in [7, 11) is 4.16. The second kappa shape index (κ2) is 6.85. The monoisotopic (exact) mass is 349 g/mol. The third-order valence-corrected chi connectivity index (χ3v) is 8.78. The number of nitrogens with zero attached hydrogens (tertiary/aromatic N) is 1. The summed E-state index contributed by atoms with van der Waals surface area (Å²) >= 11 is -1.46. The molecule has 3 aromatic carbocycles. The van der Waals surface area contributed by atoms with Gasteiger partial charge in [-0.2, -0.15) is 0 Å². The Morgan fingerprint density at radius 1 is 0.545 bits per heavy atom. The fraction of sp³-hybridized carbons (Fsp3) is 0.100. The number of rotatable bonds is 4. The summed E-state index contributed by atoms with van der Waals surface area (Å²) in [6.07, 6.45) is 0. The van der Waals surface area contributed by atoms with E-state index in [0.29, 0.717) is 0 Å². The van der Waals surface area contributed by atoms with Gasteiger partial charge in [0.15, 0.2) is 0 Å². The zero-order chi connectivity index (χ0) is 15.4. The van der Waals surface area contributed by atoms with Crippen molar-refractivity contribution in [1.29, 1.82) is 0 Å². The fourth-order valence-electron chi connectivity index (χ4n) is 2.50. The first-order valence-corrected chi connectivity index (χ1v) is 10.2. The van der Waals surface area contributed by atoms with Crippen molar-refractivity contribution in [2.45, 2.75) is 0 Å². The van der Waals surface area contributed by atoms with E-state index in [1.165, 1.54) is 18.7 Å². The molecule has 0 amide bonds. The van der Waals surface area contributed by atoms with Crippen LogP contribution in [0.25, 0.3) is 0 Å². The van der Waals surface area contributed by atoms with Crippen LogP contribution in [0.5, 0.6) is 0 Å². The Hall–Kier alpha value is -1.98. The van der Waals surface area contributed by atoms with E-state index in [1.54, 1.807) is 0 Å². The van der Waals surface area contributed by atoms with E-state index in [-0.39, 0.29) is 0 Å². The van der Waals surface area contributed by atoms with E-state index in [1.807, 2.05) is 0 Å². The summed E-state index contributed by atoms with van der Waals surface area (Å²) in [5, 5.41) is 0. The molecule has 0 saturated carbocycles. The van der Waals surface area contributed by atoms with Crippen molar-refractivity contribution < 1.29 is 0 Å². The Kier molecular flexibility index (Phi) is 4.65. The topological polar surface area (TPSA) is 3.24 Å². The van der Waals surface area contributed by atoms with Crippen LogP contribution in [0.1, 0.15) is 0 Å². The normalized spacial score (nSPS) is 10.7. The predicted molar refractivity (Wildman–Crippen MR) is 98.3 cm³/mol. The zero-order valence-corrected chi connectivity index (χ0v) is 14.9. The average Bonchev–Trinajstić information content (AvgIpc) is 2.57. The molecular weight excluding hydrogens is 329 g/mol. The molecule has 110 valence electrons. The molecule has 0 aliphatic heterocycles. The summed E-state index contributed by atoms with van der Waals surface area (Å²) < 4.78 is 4.41. The Morgan fingerprint density at radius 3 is 1.36 bits per heavy atom. The summed E-state index contributed by atoms with van der Waals surface area (Å²) in [4.78, 5) is 2.14. The molecule has 0 bridgehead atoms. The molecule has 0 aromatic heterocycles. The van der Waals surface area contributed by atoms with Gasteiger partial charge in [0.2, 0.25) is 0 Å². The van der Waals surface area contributed by atoms with E-state index in [4.69, 9.17) is 0 Å². The molecule has 0 saturated heterocycles. The van der Waals surface area contributed by atoms with Crippen molar-refractivity contribution in [3.63, 3.8) is 0 Å². The number of hydrogen-bond donors (Lipinski definition) is 0. The maximum absolute atomic E-state index is 2.30. The number of hydrogen-bond acceptors (Lipinski definition) is 1. The van der Waals surface area contributed by atoms with Crippen molar-refractivity contribution >= 4 is 33.4 Å². The molecule has 0 atom stereocenters. The molecule has 0 aliphatic rings.